The molecule has 0 bridgehead atoms. The second kappa shape index (κ2) is 5.49. The van der Waals surface area contributed by atoms with Gasteiger partial charge in [0.25, 0.3) is 0 Å². The molecule has 1 heterocycles. The van der Waals surface area contributed by atoms with Crippen LogP contribution in [0.15, 0.2) is 30.6 Å². The van der Waals surface area contributed by atoms with E-state index in [0.717, 1.165) is 9.64 Å². The largest absolute Gasteiger partial charge is 0.416 e. The number of nitrogens with zero attached hydrogens (tertiary/aromatic N) is 2. The first-order valence-electron chi connectivity index (χ1n) is 5.47. The van der Waals surface area contributed by atoms with E-state index in [1.165, 1.54) is 10.7 Å². The Hall–Kier alpha value is -1.09. The van der Waals surface area contributed by atoms with E-state index in [1.54, 1.807) is 25.5 Å². The van der Waals surface area contributed by atoms with Crippen LogP contribution in [0.3, 0.4) is 0 Å². The number of alkyl halides is 3. The van der Waals surface area contributed by atoms with Crippen LogP contribution in [0.4, 0.5) is 13.2 Å². The van der Waals surface area contributed by atoms with Crippen molar-refractivity contribution in [2.24, 2.45) is 0 Å². The molecule has 0 aliphatic carbocycles. The molecule has 2 aromatic rings. The van der Waals surface area contributed by atoms with Crippen LogP contribution in [0.25, 0.3) is 5.69 Å². The predicted octanol–water partition coefficient (Wildman–Crippen LogP) is 3.22. The fourth-order valence-electron chi connectivity index (χ4n) is 1.76. The molecule has 3 nitrogen and oxygen atoms in total. The van der Waals surface area contributed by atoms with Gasteiger partial charge in [-0.25, -0.2) is 4.68 Å². The number of aromatic nitrogens is 2. The Morgan fingerprint density at radius 2 is 2.11 bits per heavy atom. The van der Waals surface area contributed by atoms with Gasteiger partial charge in [0.1, 0.15) is 0 Å². The molecule has 0 saturated carbocycles. The van der Waals surface area contributed by atoms with Crippen LogP contribution >= 0.6 is 22.6 Å². The van der Waals surface area contributed by atoms with Gasteiger partial charge in [-0.3, -0.25) is 0 Å². The van der Waals surface area contributed by atoms with Gasteiger partial charge in [0, 0.05) is 12.7 Å². The molecule has 0 unspecified atom stereocenters. The summed E-state index contributed by atoms with van der Waals surface area (Å²) in [6.45, 7) is 0.172. The lowest BCUT2D eigenvalue weighted by Gasteiger charge is -2.14. The summed E-state index contributed by atoms with van der Waals surface area (Å²) in [5, 5.41) is 6.75. The van der Waals surface area contributed by atoms with Gasteiger partial charge in [0.05, 0.1) is 21.0 Å². The lowest BCUT2D eigenvalue weighted by Crippen LogP contribution is -2.15. The monoisotopic (exact) mass is 381 g/mol. The number of hydrogen-bond donors (Lipinski definition) is 1. The van der Waals surface area contributed by atoms with Gasteiger partial charge < -0.3 is 5.32 Å². The average Bonchev–Trinajstić information content (AvgIpc) is 2.75. The molecule has 0 aliphatic heterocycles. The van der Waals surface area contributed by atoms with Gasteiger partial charge in [-0.15, -0.1) is 0 Å². The van der Waals surface area contributed by atoms with Gasteiger partial charge in [-0.1, -0.05) is 6.07 Å². The first-order chi connectivity index (χ1) is 8.91. The minimum absolute atomic E-state index is 0.172. The molecule has 0 spiro atoms. The van der Waals surface area contributed by atoms with Gasteiger partial charge in [0.15, 0.2) is 0 Å². The second-order valence-electron chi connectivity index (χ2n) is 3.97. The molecular formula is C12H11F3IN3. The van der Waals surface area contributed by atoms with Gasteiger partial charge in [0.2, 0.25) is 0 Å². The Labute approximate surface area is 121 Å². The van der Waals surface area contributed by atoms with Crippen molar-refractivity contribution in [1.29, 1.82) is 0 Å². The van der Waals surface area contributed by atoms with Crippen LogP contribution in [0.2, 0.25) is 0 Å². The van der Waals surface area contributed by atoms with E-state index in [4.69, 9.17) is 0 Å². The van der Waals surface area contributed by atoms with Crippen LogP contribution in [0, 0.1) is 3.57 Å². The Kier molecular flexibility index (Phi) is 4.14. The number of hydrogen-bond acceptors (Lipinski definition) is 2. The van der Waals surface area contributed by atoms with Crippen LogP contribution in [0.5, 0.6) is 0 Å². The zero-order valence-electron chi connectivity index (χ0n) is 10.0. The quantitative estimate of drug-likeness (QED) is 0.828. The Morgan fingerprint density at radius 1 is 1.37 bits per heavy atom. The second-order valence-corrected chi connectivity index (χ2v) is 5.22. The van der Waals surface area contributed by atoms with Crippen LogP contribution < -0.4 is 5.32 Å². The molecule has 0 aliphatic rings. The summed E-state index contributed by atoms with van der Waals surface area (Å²) in [7, 11) is 1.62. The maximum absolute atomic E-state index is 13.0. The lowest BCUT2D eigenvalue weighted by atomic mass is 10.1. The van der Waals surface area contributed by atoms with E-state index in [-0.39, 0.29) is 12.1 Å². The van der Waals surface area contributed by atoms with Crippen molar-refractivity contribution in [2.45, 2.75) is 12.7 Å². The summed E-state index contributed by atoms with van der Waals surface area (Å²) >= 11 is 2.06. The van der Waals surface area contributed by atoms with Crippen molar-refractivity contribution < 1.29 is 13.2 Å². The molecule has 0 fully saturated rings. The highest BCUT2D eigenvalue weighted by molar-refractivity contribution is 14.1. The lowest BCUT2D eigenvalue weighted by molar-refractivity contribution is -0.138. The molecule has 1 aromatic carbocycles. The van der Waals surface area contributed by atoms with Crippen LogP contribution in [-0.2, 0) is 12.7 Å². The Morgan fingerprint density at radius 3 is 2.63 bits per heavy atom. The summed E-state index contributed by atoms with van der Waals surface area (Å²) in [5.41, 5.74) is -0.0134. The normalized spacial score (nSPS) is 11.8. The van der Waals surface area contributed by atoms with Crippen molar-refractivity contribution in [3.8, 4) is 5.69 Å². The zero-order valence-corrected chi connectivity index (χ0v) is 12.2. The van der Waals surface area contributed by atoms with E-state index in [9.17, 15) is 13.2 Å². The highest BCUT2D eigenvalue weighted by Crippen LogP contribution is 2.33. The van der Waals surface area contributed by atoms with Crippen molar-refractivity contribution in [3.05, 3.63) is 45.3 Å². The molecule has 0 atom stereocenters. The first-order valence-corrected chi connectivity index (χ1v) is 6.55. The number of benzene rings is 1. The van der Waals surface area contributed by atoms with Crippen molar-refractivity contribution >= 4 is 22.6 Å². The molecule has 1 aromatic heterocycles. The highest BCUT2D eigenvalue weighted by atomic mass is 127. The average molecular weight is 381 g/mol. The van der Waals surface area contributed by atoms with Gasteiger partial charge >= 0.3 is 6.18 Å². The summed E-state index contributed by atoms with van der Waals surface area (Å²) in [6, 6.07) is 4.23. The molecule has 0 radical (unpaired) electrons. The third-order valence-electron chi connectivity index (χ3n) is 2.58. The summed E-state index contributed by atoms with van der Waals surface area (Å²) in [5.74, 6) is 0. The summed E-state index contributed by atoms with van der Waals surface area (Å²) < 4.78 is 41.3. The zero-order chi connectivity index (χ0) is 14.0. The number of rotatable bonds is 3. The molecular weight excluding hydrogens is 370 g/mol. The smallest absolute Gasteiger partial charge is 0.316 e. The van der Waals surface area contributed by atoms with E-state index in [0.29, 0.717) is 5.69 Å². The van der Waals surface area contributed by atoms with E-state index < -0.39 is 11.7 Å². The van der Waals surface area contributed by atoms with E-state index >= 15 is 0 Å². The fourth-order valence-corrected chi connectivity index (χ4v) is 2.15. The van der Waals surface area contributed by atoms with Crippen molar-refractivity contribution in [1.82, 2.24) is 15.1 Å². The molecule has 102 valence electrons. The molecule has 7 heteroatoms. The van der Waals surface area contributed by atoms with Crippen molar-refractivity contribution in [3.63, 3.8) is 0 Å². The van der Waals surface area contributed by atoms with Crippen LogP contribution in [-0.4, -0.2) is 16.8 Å². The third-order valence-corrected chi connectivity index (χ3v) is 3.14. The van der Waals surface area contributed by atoms with Crippen LogP contribution in [0.1, 0.15) is 11.1 Å². The summed E-state index contributed by atoms with van der Waals surface area (Å²) in [6.07, 6.45) is -1.11. The Balaban J connectivity index is 2.49. The maximum Gasteiger partial charge on any atom is 0.416 e. The molecule has 2 rings (SSSR count). The standard InChI is InChI=1S/C12H11F3IN3/c1-17-5-8-2-3-10(4-11(8)12(13,14)15)19-7-9(16)6-18-19/h2-4,6-7,17H,5H2,1H3. The van der Waals surface area contributed by atoms with Crippen molar-refractivity contribution in [2.75, 3.05) is 7.05 Å². The number of nitrogens with one attached hydrogen (secondary N) is 1. The molecule has 1 N–H and O–H groups in total. The minimum Gasteiger partial charge on any atom is -0.316 e. The summed E-state index contributed by atoms with van der Waals surface area (Å²) in [4.78, 5) is 0. The Bertz CT molecular complexity index is 578. The topological polar surface area (TPSA) is 29.9 Å². The van der Waals surface area contributed by atoms with Gasteiger partial charge in [-0.05, 0) is 47.3 Å². The van der Waals surface area contributed by atoms with E-state index in [2.05, 4.69) is 33.0 Å². The van der Waals surface area contributed by atoms with E-state index in [1.807, 2.05) is 0 Å². The highest BCUT2D eigenvalue weighted by Gasteiger charge is 2.33. The molecule has 19 heavy (non-hydrogen) atoms. The number of halogens is 4. The first kappa shape index (κ1) is 14.3. The fraction of sp³-hybridized carbons (Fsp3) is 0.250. The predicted molar refractivity (Wildman–Crippen MR) is 74.0 cm³/mol. The SMILES string of the molecule is CNCc1ccc(-n2cc(I)cn2)cc1C(F)(F)F. The van der Waals surface area contributed by atoms with Gasteiger partial charge in [-0.2, -0.15) is 18.3 Å². The molecule has 0 saturated heterocycles. The third kappa shape index (κ3) is 3.27. The maximum atomic E-state index is 13.0. The minimum atomic E-state index is -4.37. The molecule has 0 amide bonds.